The zero-order valence-corrected chi connectivity index (χ0v) is 14.1. The fraction of sp³-hybridized carbons (Fsp3) is 0.250. The van der Waals surface area contributed by atoms with Crippen molar-refractivity contribution in [3.63, 3.8) is 0 Å². The molecule has 0 fully saturated rings. The Hall–Kier alpha value is -1.09. The molecule has 2 nitrogen and oxygen atoms in total. The summed E-state index contributed by atoms with van der Waals surface area (Å²) in [5.41, 5.74) is 1.96. The van der Waals surface area contributed by atoms with Gasteiger partial charge in [0.1, 0.15) is 5.75 Å². The number of benzene rings is 2. The Morgan fingerprint density at radius 1 is 0.952 bits per heavy atom. The van der Waals surface area contributed by atoms with Crippen LogP contribution in [0.3, 0.4) is 0 Å². The van der Waals surface area contributed by atoms with Gasteiger partial charge >= 0.3 is 0 Å². The van der Waals surface area contributed by atoms with E-state index in [9.17, 15) is 0 Å². The molecule has 0 unspecified atom stereocenters. The Bertz CT molecular complexity index is 629. The Morgan fingerprint density at radius 2 is 1.71 bits per heavy atom. The van der Waals surface area contributed by atoms with E-state index in [-0.39, 0.29) is 6.10 Å². The van der Waals surface area contributed by atoms with Crippen LogP contribution in [0.15, 0.2) is 36.4 Å². The van der Waals surface area contributed by atoms with Gasteiger partial charge in [-0.05, 0) is 49.7 Å². The van der Waals surface area contributed by atoms with Crippen LogP contribution in [-0.2, 0) is 6.54 Å². The van der Waals surface area contributed by atoms with Gasteiger partial charge in [0.25, 0.3) is 0 Å². The molecule has 0 aromatic heterocycles. The zero-order chi connectivity index (χ0) is 15.4. The summed E-state index contributed by atoms with van der Waals surface area (Å²) >= 11 is 18.1. The van der Waals surface area contributed by atoms with Crippen molar-refractivity contribution < 1.29 is 4.74 Å². The van der Waals surface area contributed by atoms with E-state index in [1.54, 1.807) is 6.07 Å². The highest BCUT2D eigenvalue weighted by Crippen LogP contribution is 2.29. The van der Waals surface area contributed by atoms with Crippen molar-refractivity contribution in [1.29, 1.82) is 0 Å². The molecule has 0 aliphatic rings. The van der Waals surface area contributed by atoms with Gasteiger partial charge in [-0.3, -0.25) is 0 Å². The SMILES string of the molecule is CC(C)Oc1ccc(NCc2ccc(Cl)c(Cl)c2)cc1Cl. The summed E-state index contributed by atoms with van der Waals surface area (Å²) in [5, 5.41) is 4.98. The van der Waals surface area contributed by atoms with Crippen LogP contribution in [0.4, 0.5) is 5.69 Å². The van der Waals surface area contributed by atoms with E-state index < -0.39 is 0 Å². The topological polar surface area (TPSA) is 21.3 Å². The third-order valence-corrected chi connectivity index (χ3v) is 3.81. The second kappa shape index (κ2) is 7.26. The van der Waals surface area contributed by atoms with E-state index in [0.717, 1.165) is 11.3 Å². The fourth-order valence-electron chi connectivity index (χ4n) is 1.81. The Kier molecular flexibility index (Phi) is 5.63. The lowest BCUT2D eigenvalue weighted by Crippen LogP contribution is -2.06. The minimum atomic E-state index is 0.0949. The predicted molar refractivity (Wildman–Crippen MR) is 91.0 cm³/mol. The van der Waals surface area contributed by atoms with Crippen molar-refractivity contribution in [3.8, 4) is 5.75 Å². The summed E-state index contributed by atoms with van der Waals surface area (Å²) in [5.74, 6) is 0.687. The molecule has 0 radical (unpaired) electrons. The van der Waals surface area contributed by atoms with Crippen LogP contribution < -0.4 is 10.1 Å². The molecule has 0 atom stereocenters. The molecule has 0 spiro atoms. The molecule has 0 saturated heterocycles. The van der Waals surface area contributed by atoms with Crippen LogP contribution in [-0.4, -0.2) is 6.10 Å². The largest absolute Gasteiger partial charge is 0.489 e. The molecule has 0 bridgehead atoms. The molecule has 21 heavy (non-hydrogen) atoms. The summed E-state index contributed by atoms with van der Waals surface area (Å²) in [6.07, 6.45) is 0.0949. The maximum absolute atomic E-state index is 6.20. The monoisotopic (exact) mass is 343 g/mol. The van der Waals surface area contributed by atoms with Crippen molar-refractivity contribution in [3.05, 3.63) is 57.0 Å². The zero-order valence-electron chi connectivity index (χ0n) is 11.8. The number of ether oxygens (including phenoxy) is 1. The molecule has 0 heterocycles. The van der Waals surface area contributed by atoms with Crippen LogP contribution >= 0.6 is 34.8 Å². The highest BCUT2D eigenvalue weighted by atomic mass is 35.5. The molecule has 0 aliphatic heterocycles. The molecular weight excluding hydrogens is 329 g/mol. The molecular formula is C16H16Cl3NO. The van der Waals surface area contributed by atoms with E-state index in [1.807, 2.05) is 44.2 Å². The normalized spacial score (nSPS) is 10.8. The van der Waals surface area contributed by atoms with Crippen LogP contribution in [0.2, 0.25) is 15.1 Å². The number of nitrogens with one attached hydrogen (secondary N) is 1. The first-order valence-electron chi connectivity index (χ1n) is 6.59. The Morgan fingerprint density at radius 3 is 2.33 bits per heavy atom. The number of anilines is 1. The number of halogens is 3. The summed E-state index contributed by atoms with van der Waals surface area (Å²) in [6.45, 7) is 4.57. The molecule has 5 heteroatoms. The average molecular weight is 345 g/mol. The van der Waals surface area contributed by atoms with Crippen molar-refractivity contribution in [2.75, 3.05) is 5.32 Å². The number of rotatable bonds is 5. The standard InChI is InChI=1S/C16H16Cl3NO/c1-10(2)21-16-6-4-12(8-15(16)19)20-9-11-3-5-13(17)14(18)7-11/h3-8,10,20H,9H2,1-2H3. The first-order chi connectivity index (χ1) is 9.95. The molecule has 112 valence electrons. The summed E-state index contributed by atoms with van der Waals surface area (Å²) in [7, 11) is 0. The summed E-state index contributed by atoms with van der Waals surface area (Å²) in [6, 6.07) is 11.2. The van der Waals surface area contributed by atoms with Crippen molar-refractivity contribution in [2.24, 2.45) is 0 Å². The molecule has 0 saturated carbocycles. The lowest BCUT2D eigenvalue weighted by Gasteiger charge is -2.13. The van der Waals surface area contributed by atoms with Crippen LogP contribution in [0.1, 0.15) is 19.4 Å². The predicted octanol–water partition coefficient (Wildman–Crippen LogP) is 6.05. The van der Waals surface area contributed by atoms with E-state index in [2.05, 4.69) is 5.32 Å². The minimum Gasteiger partial charge on any atom is -0.489 e. The molecule has 0 aliphatic carbocycles. The highest BCUT2D eigenvalue weighted by Gasteiger charge is 2.05. The summed E-state index contributed by atoms with van der Waals surface area (Å²) in [4.78, 5) is 0. The Balaban J connectivity index is 2.03. The van der Waals surface area contributed by atoms with Gasteiger partial charge in [0.05, 0.1) is 21.2 Å². The van der Waals surface area contributed by atoms with Gasteiger partial charge in [-0.25, -0.2) is 0 Å². The van der Waals surface area contributed by atoms with Crippen molar-refractivity contribution in [2.45, 2.75) is 26.5 Å². The van der Waals surface area contributed by atoms with Gasteiger partial charge in [-0.2, -0.15) is 0 Å². The molecule has 2 aromatic rings. The maximum atomic E-state index is 6.20. The third-order valence-electron chi connectivity index (χ3n) is 2.78. The Labute approximate surface area is 140 Å². The lowest BCUT2D eigenvalue weighted by atomic mass is 10.2. The first kappa shape index (κ1) is 16.3. The van der Waals surface area contributed by atoms with E-state index in [4.69, 9.17) is 39.5 Å². The van der Waals surface area contributed by atoms with E-state index >= 15 is 0 Å². The van der Waals surface area contributed by atoms with Gasteiger partial charge in [0.2, 0.25) is 0 Å². The molecule has 2 rings (SSSR count). The number of hydrogen-bond donors (Lipinski definition) is 1. The van der Waals surface area contributed by atoms with Gasteiger partial charge in [0, 0.05) is 12.2 Å². The smallest absolute Gasteiger partial charge is 0.138 e. The number of hydrogen-bond acceptors (Lipinski definition) is 2. The minimum absolute atomic E-state index is 0.0949. The van der Waals surface area contributed by atoms with Crippen LogP contribution in [0.5, 0.6) is 5.75 Å². The van der Waals surface area contributed by atoms with Gasteiger partial charge in [-0.15, -0.1) is 0 Å². The molecule has 2 aromatic carbocycles. The maximum Gasteiger partial charge on any atom is 0.138 e. The average Bonchev–Trinajstić information content (AvgIpc) is 2.42. The van der Waals surface area contributed by atoms with Gasteiger partial charge in [0.15, 0.2) is 0 Å². The second-order valence-electron chi connectivity index (χ2n) is 4.91. The lowest BCUT2D eigenvalue weighted by molar-refractivity contribution is 0.242. The first-order valence-corrected chi connectivity index (χ1v) is 7.73. The summed E-state index contributed by atoms with van der Waals surface area (Å²) < 4.78 is 5.60. The highest BCUT2D eigenvalue weighted by molar-refractivity contribution is 6.42. The van der Waals surface area contributed by atoms with Gasteiger partial charge < -0.3 is 10.1 Å². The second-order valence-corrected chi connectivity index (χ2v) is 6.14. The van der Waals surface area contributed by atoms with Gasteiger partial charge in [-0.1, -0.05) is 40.9 Å². The molecule has 0 amide bonds. The van der Waals surface area contributed by atoms with Crippen molar-refractivity contribution >= 4 is 40.5 Å². The van der Waals surface area contributed by atoms with Crippen LogP contribution in [0, 0.1) is 0 Å². The molecule has 1 N–H and O–H groups in total. The fourth-order valence-corrected chi connectivity index (χ4v) is 2.36. The third kappa shape index (κ3) is 4.70. The van der Waals surface area contributed by atoms with Crippen LogP contribution in [0.25, 0.3) is 0 Å². The quantitative estimate of drug-likeness (QED) is 0.713. The van der Waals surface area contributed by atoms with Crippen molar-refractivity contribution in [1.82, 2.24) is 0 Å². The van der Waals surface area contributed by atoms with E-state index in [1.165, 1.54) is 0 Å². The van der Waals surface area contributed by atoms with E-state index in [0.29, 0.717) is 27.4 Å².